The van der Waals surface area contributed by atoms with Crippen molar-refractivity contribution in [3.05, 3.63) is 0 Å². The first-order valence-corrected chi connectivity index (χ1v) is 3.98. The van der Waals surface area contributed by atoms with Gasteiger partial charge in [0.05, 0.1) is 10.9 Å². The second kappa shape index (κ2) is 2.80. The van der Waals surface area contributed by atoms with E-state index in [2.05, 4.69) is 15.9 Å². The summed E-state index contributed by atoms with van der Waals surface area (Å²) in [7, 11) is 0. The van der Waals surface area contributed by atoms with Crippen LogP contribution >= 0.6 is 15.9 Å². The molecule has 2 atom stereocenters. The minimum Gasteiger partial charge on any atom is -0.391 e. The van der Waals surface area contributed by atoms with Gasteiger partial charge in [-0.15, -0.1) is 0 Å². The number of aliphatic hydroxyl groups excluding tert-OH is 1. The maximum absolute atomic E-state index is 10.8. The average molecular weight is 193 g/mol. The van der Waals surface area contributed by atoms with Crippen molar-refractivity contribution in [1.82, 2.24) is 0 Å². The number of aliphatic hydroxyl groups is 1. The molecule has 0 aromatic heterocycles. The quantitative estimate of drug-likeness (QED) is 0.579. The van der Waals surface area contributed by atoms with Crippen molar-refractivity contribution in [3.8, 4) is 0 Å². The maximum Gasteiger partial charge on any atom is 0.149 e. The Morgan fingerprint density at radius 2 is 2.33 bits per heavy atom. The molecule has 0 radical (unpaired) electrons. The summed E-state index contributed by atoms with van der Waals surface area (Å²) in [5.74, 6) is 0.133. The van der Waals surface area contributed by atoms with Gasteiger partial charge in [0.15, 0.2) is 0 Å². The summed E-state index contributed by atoms with van der Waals surface area (Å²) in [6.45, 7) is 0. The second-order valence-corrected chi connectivity index (χ2v) is 3.31. The van der Waals surface area contributed by atoms with Crippen LogP contribution < -0.4 is 0 Å². The van der Waals surface area contributed by atoms with E-state index >= 15 is 0 Å². The van der Waals surface area contributed by atoms with Crippen molar-refractivity contribution in [2.75, 3.05) is 0 Å². The molecule has 9 heavy (non-hydrogen) atoms. The minimum absolute atomic E-state index is 0.133. The molecule has 52 valence electrons. The zero-order valence-corrected chi connectivity index (χ0v) is 6.60. The van der Waals surface area contributed by atoms with Gasteiger partial charge in [0.1, 0.15) is 5.78 Å². The van der Waals surface area contributed by atoms with Crippen LogP contribution in [0.15, 0.2) is 0 Å². The van der Waals surface area contributed by atoms with Gasteiger partial charge in [-0.05, 0) is 12.8 Å². The molecule has 1 aliphatic rings. The molecule has 1 saturated carbocycles. The Morgan fingerprint density at radius 3 is 2.78 bits per heavy atom. The van der Waals surface area contributed by atoms with E-state index in [4.69, 9.17) is 5.11 Å². The predicted octanol–water partition coefficient (Wildman–Crippen LogP) is 0.864. The van der Waals surface area contributed by atoms with Gasteiger partial charge in [0.2, 0.25) is 0 Å². The number of carbonyl (C=O) groups is 1. The molecule has 0 saturated heterocycles. The maximum atomic E-state index is 10.8. The summed E-state index contributed by atoms with van der Waals surface area (Å²) >= 11 is 3.12. The molecule has 2 unspecified atom stereocenters. The largest absolute Gasteiger partial charge is 0.391 e. The lowest BCUT2D eigenvalue weighted by molar-refractivity contribution is -0.121. The molecule has 1 N–H and O–H groups in total. The van der Waals surface area contributed by atoms with E-state index in [-0.39, 0.29) is 10.6 Å². The van der Waals surface area contributed by atoms with Crippen LogP contribution in [0.1, 0.15) is 19.3 Å². The standard InChI is InChI=1S/C6H9BrO2/c7-6-4(8)2-1-3-5(6)9/h4,6,8H,1-3H2. The topological polar surface area (TPSA) is 37.3 Å². The van der Waals surface area contributed by atoms with Crippen molar-refractivity contribution >= 4 is 21.7 Å². The highest BCUT2D eigenvalue weighted by molar-refractivity contribution is 9.10. The lowest BCUT2D eigenvalue weighted by atomic mass is 9.97. The zero-order valence-electron chi connectivity index (χ0n) is 5.01. The Balaban J connectivity index is 2.51. The Morgan fingerprint density at radius 1 is 1.67 bits per heavy atom. The molecule has 0 aliphatic heterocycles. The third-order valence-electron chi connectivity index (χ3n) is 1.57. The van der Waals surface area contributed by atoms with Crippen molar-refractivity contribution in [3.63, 3.8) is 0 Å². The summed E-state index contributed by atoms with van der Waals surface area (Å²) in [4.78, 5) is 10.5. The van der Waals surface area contributed by atoms with Crippen molar-refractivity contribution < 1.29 is 9.90 Å². The van der Waals surface area contributed by atoms with Gasteiger partial charge in [-0.3, -0.25) is 4.79 Å². The van der Waals surface area contributed by atoms with Gasteiger partial charge in [-0.2, -0.15) is 0 Å². The number of ketones is 1. The molecule has 0 spiro atoms. The number of carbonyl (C=O) groups excluding carboxylic acids is 1. The highest BCUT2D eigenvalue weighted by Gasteiger charge is 2.27. The Kier molecular flexibility index (Phi) is 2.24. The summed E-state index contributed by atoms with van der Waals surface area (Å²) in [5.41, 5.74) is 0. The van der Waals surface area contributed by atoms with E-state index < -0.39 is 6.10 Å². The van der Waals surface area contributed by atoms with E-state index in [1.54, 1.807) is 0 Å². The van der Waals surface area contributed by atoms with Gasteiger partial charge in [0.25, 0.3) is 0 Å². The van der Waals surface area contributed by atoms with Crippen molar-refractivity contribution in [2.45, 2.75) is 30.2 Å². The molecular weight excluding hydrogens is 184 g/mol. The van der Waals surface area contributed by atoms with Crippen LogP contribution in [-0.2, 0) is 4.79 Å². The lowest BCUT2D eigenvalue weighted by Gasteiger charge is -2.20. The third kappa shape index (κ3) is 1.52. The van der Waals surface area contributed by atoms with Crippen LogP contribution in [0.4, 0.5) is 0 Å². The number of Topliss-reactive ketones (excluding diaryl/α,β-unsaturated/α-hetero) is 1. The molecule has 0 bridgehead atoms. The highest BCUT2D eigenvalue weighted by Crippen LogP contribution is 2.20. The average Bonchev–Trinajstić information content (AvgIpc) is 1.83. The van der Waals surface area contributed by atoms with Crippen LogP contribution in [-0.4, -0.2) is 21.8 Å². The lowest BCUT2D eigenvalue weighted by Crippen LogP contribution is -2.32. The highest BCUT2D eigenvalue weighted by atomic mass is 79.9. The molecule has 1 fully saturated rings. The van der Waals surface area contributed by atoms with Crippen LogP contribution in [0, 0.1) is 0 Å². The van der Waals surface area contributed by atoms with Crippen molar-refractivity contribution in [1.29, 1.82) is 0 Å². The zero-order chi connectivity index (χ0) is 6.85. The SMILES string of the molecule is O=C1CCCC(O)C1Br. The molecule has 2 nitrogen and oxygen atoms in total. The van der Waals surface area contributed by atoms with Gasteiger partial charge in [0, 0.05) is 6.42 Å². The molecule has 0 heterocycles. The molecular formula is C6H9BrO2. The van der Waals surface area contributed by atoms with Crippen LogP contribution in [0.2, 0.25) is 0 Å². The number of rotatable bonds is 0. The normalized spacial score (nSPS) is 36.9. The minimum atomic E-state index is -0.453. The number of hydrogen-bond donors (Lipinski definition) is 1. The summed E-state index contributed by atoms with van der Waals surface area (Å²) in [6, 6.07) is 0. The number of hydrogen-bond acceptors (Lipinski definition) is 2. The van der Waals surface area contributed by atoms with E-state index in [1.165, 1.54) is 0 Å². The first-order chi connectivity index (χ1) is 4.22. The Labute approximate surface area is 62.4 Å². The second-order valence-electron chi connectivity index (χ2n) is 2.33. The fourth-order valence-corrected chi connectivity index (χ4v) is 1.48. The summed E-state index contributed by atoms with van der Waals surface area (Å²) < 4.78 is 0. The van der Waals surface area contributed by atoms with Gasteiger partial charge >= 0.3 is 0 Å². The van der Waals surface area contributed by atoms with E-state index in [0.29, 0.717) is 6.42 Å². The van der Waals surface area contributed by atoms with Crippen LogP contribution in [0.3, 0.4) is 0 Å². The van der Waals surface area contributed by atoms with E-state index in [9.17, 15) is 4.79 Å². The number of halogens is 1. The van der Waals surface area contributed by atoms with Crippen molar-refractivity contribution in [2.24, 2.45) is 0 Å². The van der Waals surface area contributed by atoms with E-state index in [0.717, 1.165) is 12.8 Å². The molecule has 0 aromatic rings. The summed E-state index contributed by atoms with van der Waals surface area (Å²) in [6.07, 6.45) is 1.75. The molecule has 0 amide bonds. The Bertz CT molecular complexity index is 124. The first kappa shape index (κ1) is 7.22. The number of alkyl halides is 1. The van der Waals surface area contributed by atoms with Gasteiger partial charge in [-0.25, -0.2) is 0 Å². The fourth-order valence-electron chi connectivity index (χ4n) is 0.984. The monoisotopic (exact) mass is 192 g/mol. The Hall–Kier alpha value is 0.110. The van der Waals surface area contributed by atoms with Gasteiger partial charge < -0.3 is 5.11 Å². The fraction of sp³-hybridized carbons (Fsp3) is 0.833. The molecule has 1 aliphatic carbocycles. The summed E-state index contributed by atoms with van der Waals surface area (Å²) in [5, 5.41) is 9.08. The van der Waals surface area contributed by atoms with Gasteiger partial charge in [-0.1, -0.05) is 15.9 Å². The smallest absolute Gasteiger partial charge is 0.149 e. The molecule has 3 heteroatoms. The predicted molar refractivity (Wildman–Crippen MR) is 37.6 cm³/mol. The van der Waals surface area contributed by atoms with E-state index in [1.807, 2.05) is 0 Å². The molecule has 1 rings (SSSR count). The molecule has 0 aromatic carbocycles. The van der Waals surface area contributed by atoms with Crippen LogP contribution in [0.5, 0.6) is 0 Å². The first-order valence-electron chi connectivity index (χ1n) is 3.06. The van der Waals surface area contributed by atoms with Crippen LogP contribution in [0.25, 0.3) is 0 Å². The third-order valence-corrected chi connectivity index (χ3v) is 2.69.